The number of carbonyl (C=O) groups excluding carboxylic acids is 2. The van der Waals surface area contributed by atoms with Crippen LogP contribution in [0.2, 0.25) is 0 Å². The van der Waals surface area contributed by atoms with Crippen molar-refractivity contribution < 1.29 is 23.1 Å². The van der Waals surface area contributed by atoms with E-state index >= 15 is 0 Å². The molecule has 1 saturated heterocycles. The van der Waals surface area contributed by atoms with Crippen molar-refractivity contribution in [3.05, 3.63) is 29.8 Å². The lowest BCUT2D eigenvalue weighted by atomic mass is 10.1. The van der Waals surface area contributed by atoms with Crippen LogP contribution in [-0.4, -0.2) is 54.4 Å². The Labute approximate surface area is 145 Å². The molecule has 2 fully saturated rings. The SMILES string of the molecule is O=C(c1cccc(OC(F)F)c1)N1CCN(C(=O)C2CCCC2)CC1. The van der Waals surface area contributed by atoms with Gasteiger partial charge in [-0.3, -0.25) is 9.59 Å². The van der Waals surface area contributed by atoms with E-state index in [1.54, 1.807) is 11.0 Å². The third kappa shape index (κ3) is 4.27. The number of hydrogen-bond donors (Lipinski definition) is 0. The Morgan fingerprint density at radius 2 is 1.68 bits per heavy atom. The predicted molar refractivity (Wildman–Crippen MR) is 87.5 cm³/mol. The monoisotopic (exact) mass is 352 g/mol. The third-order valence-electron chi connectivity index (χ3n) is 4.89. The summed E-state index contributed by atoms with van der Waals surface area (Å²) in [6.07, 6.45) is 4.17. The first-order valence-corrected chi connectivity index (χ1v) is 8.67. The van der Waals surface area contributed by atoms with E-state index in [2.05, 4.69) is 4.74 Å². The Balaban J connectivity index is 1.57. The van der Waals surface area contributed by atoms with Crippen LogP contribution >= 0.6 is 0 Å². The van der Waals surface area contributed by atoms with Crippen molar-refractivity contribution in [1.29, 1.82) is 0 Å². The molecule has 0 radical (unpaired) electrons. The maximum atomic E-state index is 12.5. The highest BCUT2D eigenvalue weighted by Gasteiger charge is 2.30. The summed E-state index contributed by atoms with van der Waals surface area (Å²) in [5.74, 6) is 0.0888. The van der Waals surface area contributed by atoms with E-state index in [0.717, 1.165) is 25.7 Å². The van der Waals surface area contributed by atoms with E-state index in [1.807, 2.05) is 4.90 Å². The summed E-state index contributed by atoms with van der Waals surface area (Å²) in [4.78, 5) is 28.5. The van der Waals surface area contributed by atoms with Crippen LogP contribution in [0, 0.1) is 5.92 Å². The van der Waals surface area contributed by atoms with E-state index in [1.165, 1.54) is 18.2 Å². The van der Waals surface area contributed by atoms with Crippen LogP contribution in [-0.2, 0) is 4.79 Å². The molecule has 1 saturated carbocycles. The number of rotatable bonds is 4. The van der Waals surface area contributed by atoms with Crippen molar-refractivity contribution in [3.63, 3.8) is 0 Å². The molecular weight excluding hydrogens is 330 g/mol. The van der Waals surface area contributed by atoms with E-state index in [0.29, 0.717) is 31.7 Å². The van der Waals surface area contributed by atoms with E-state index in [-0.39, 0.29) is 23.5 Å². The van der Waals surface area contributed by atoms with Crippen molar-refractivity contribution in [2.45, 2.75) is 32.3 Å². The van der Waals surface area contributed by atoms with Crippen molar-refractivity contribution in [3.8, 4) is 5.75 Å². The van der Waals surface area contributed by atoms with Crippen LogP contribution in [0.25, 0.3) is 0 Å². The molecule has 1 aliphatic heterocycles. The van der Waals surface area contributed by atoms with Crippen LogP contribution in [0.1, 0.15) is 36.0 Å². The molecule has 3 rings (SSSR count). The van der Waals surface area contributed by atoms with Crippen LogP contribution in [0.4, 0.5) is 8.78 Å². The molecule has 0 aromatic heterocycles. The minimum atomic E-state index is -2.92. The first-order valence-electron chi connectivity index (χ1n) is 8.67. The third-order valence-corrected chi connectivity index (χ3v) is 4.89. The highest BCUT2D eigenvalue weighted by molar-refractivity contribution is 5.94. The number of nitrogens with zero attached hydrogens (tertiary/aromatic N) is 2. The van der Waals surface area contributed by atoms with Crippen molar-refractivity contribution >= 4 is 11.8 Å². The summed E-state index contributed by atoms with van der Waals surface area (Å²) in [6.45, 7) is -0.965. The number of ether oxygens (including phenoxy) is 1. The number of benzene rings is 1. The summed E-state index contributed by atoms with van der Waals surface area (Å²) < 4.78 is 28.9. The Morgan fingerprint density at radius 3 is 2.32 bits per heavy atom. The van der Waals surface area contributed by atoms with Gasteiger partial charge in [-0.2, -0.15) is 8.78 Å². The normalized spacial score (nSPS) is 18.7. The molecule has 1 aromatic rings. The van der Waals surface area contributed by atoms with Crippen LogP contribution < -0.4 is 4.74 Å². The number of carbonyl (C=O) groups is 2. The highest BCUT2D eigenvalue weighted by atomic mass is 19.3. The molecule has 7 heteroatoms. The molecule has 136 valence electrons. The molecule has 0 unspecified atom stereocenters. The zero-order valence-electron chi connectivity index (χ0n) is 14.0. The Kier molecular flexibility index (Phi) is 5.50. The van der Waals surface area contributed by atoms with Gasteiger partial charge in [-0.1, -0.05) is 18.9 Å². The van der Waals surface area contributed by atoms with Gasteiger partial charge in [-0.25, -0.2) is 0 Å². The average molecular weight is 352 g/mol. The lowest BCUT2D eigenvalue weighted by molar-refractivity contribution is -0.136. The van der Waals surface area contributed by atoms with E-state index in [4.69, 9.17) is 0 Å². The van der Waals surface area contributed by atoms with Crippen LogP contribution in [0.15, 0.2) is 24.3 Å². The van der Waals surface area contributed by atoms with Gasteiger partial charge in [-0.15, -0.1) is 0 Å². The molecule has 1 aromatic carbocycles. The maximum absolute atomic E-state index is 12.5. The lowest BCUT2D eigenvalue weighted by Crippen LogP contribution is -2.51. The summed E-state index contributed by atoms with van der Waals surface area (Å²) >= 11 is 0. The molecule has 2 aliphatic rings. The second kappa shape index (κ2) is 7.80. The number of piperazine rings is 1. The van der Waals surface area contributed by atoms with Crippen molar-refractivity contribution in [2.75, 3.05) is 26.2 Å². The van der Waals surface area contributed by atoms with Crippen molar-refractivity contribution in [2.24, 2.45) is 5.92 Å². The van der Waals surface area contributed by atoms with Gasteiger partial charge in [0, 0.05) is 37.7 Å². The topological polar surface area (TPSA) is 49.9 Å². The lowest BCUT2D eigenvalue weighted by Gasteiger charge is -2.36. The zero-order chi connectivity index (χ0) is 17.8. The fraction of sp³-hybridized carbons (Fsp3) is 0.556. The van der Waals surface area contributed by atoms with Gasteiger partial charge in [0.25, 0.3) is 5.91 Å². The average Bonchev–Trinajstić information content (AvgIpc) is 3.15. The highest BCUT2D eigenvalue weighted by Crippen LogP contribution is 2.27. The fourth-order valence-electron chi connectivity index (χ4n) is 3.55. The molecule has 0 N–H and O–H groups in total. The molecular formula is C18H22F2N2O3. The molecule has 0 spiro atoms. The van der Waals surface area contributed by atoms with Gasteiger partial charge < -0.3 is 14.5 Å². The van der Waals surface area contributed by atoms with Crippen molar-refractivity contribution in [1.82, 2.24) is 9.80 Å². The summed E-state index contributed by atoms with van der Waals surface area (Å²) in [5.41, 5.74) is 0.314. The number of hydrogen-bond acceptors (Lipinski definition) is 3. The second-order valence-electron chi connectivity index (χ2n) is 6.51. The van der Waals surface area contributed by atoms with Crippen LogP contribution in [0.3, 0.4) is 0 Å². The molecule has 5 nitrogen and oxygen atoms in total. The molecule has 2 amide bonds. The summed E-state index contributed by atoms with van der Waals surface area (Å²) in [7, 11) is 0. The first kappa shape index (κ1) is 17.6. The predicted octanol–water partition coefficient (Wildman–Crippen LogP) is 2.76. The Hall–Kier alpha value is -2.18. The number of halogens is 2. The summed E-state index contributed by atoms with van der Waals surface area (Å²) in [5, 5.41) is 0. The Morgan fingerprint density at radius 1 is 1.04 bits per heavy atom. The molecule has 1 heterocycles. The quantitative estimate of drug-likeness (QED) is 0.837. The van der Waals surface area contributed by atoms with Gasteiger partial charge in [-0.05, 0) is 31.0 Å². The van der Waals surface area contributed by atoms with Gasteiger partial charge in [0.05, 0.1) is 0 Å². The van der Waals surface area contributed by atoms with Crippen LogP contribution in [0.5, 0.6) is 5.75 Å². The first-order chi connectivity index (χ1) is 12.0. The van der Waals surface area contributed by atoms with Gasteiger partial charge in [0.15, 0.2) is 0 Å². The van der Waals surface area contributed by atoms with Gasteiger partial charge in [0.2, 0.25) is 5.91 Å². The molecule has 25 heavy (non-hydrogen) atoms. The number of amides is 2. The molecule has 0 atom stereocenters. The Bertz CT molecular complexity index is 625. The minimum Gasteiger partial charge on any atom is -0.435 e. The fourth-order valence-corrected chi connectivity index (χ4v) is 3.55. The van der Waals surface area contributed by atoms with E-state index in [9.17, 15) is 18.4 Å². The maximum Gasteiger partial charge on any atom is 0.387 e. The second-order valence-corrected chi connectivity index (χ2v) is 6.51. The number of alkyl halides is 2. The van der Waals surface area contributed by atoms with Gasteiger partial charge in [0.1, 0.15) is 5.75 Å². The molecule has 0 bridgehead atoms. The summed E-state index contributed by atoms with van der Waals surface area (Å²) in [6, 6.07) is 5.81. The van der Waals surface area contributed by atoms with Gasteiger partial charge >= 0.3 is 6.61 Å². The largest absolute Gasteiger partial charge is 0.435 e. The standard InChI is InChI=1S/C18H22F2N2O3/c19-18(20)25-15-7-3-6-14(12-15)17(24)22-10-8-21(9-11-22)16(23)13-4-1-2-5-13/h3,6-7,12-13,18H,1-2,4-5,8-11H2. The van der Waals surface area contributed by atoms with E-state index < -0.39 is 6.61 Å². The smallest absolute Gasteiger partial charge is 0.387 e. The minimum absolute atomic E-state index is 0.0316. The molecule has 1 aliphatic carbocycles. The zero-order valence-corrected chi connectivity index (χ0v) is 14.0.